The van der Waals surface area contributed by atoms with Gasteiger partial charge in [-0.15, -0.1) is 0 Å². The van der Waals surface area contributed by atoms with Crippen LogP contribution in [0.5, 0.6) is 0 Å². The molecular formula is C39H77NO3. The molecule has 0 N–H and O–H groups in total. The van der Waals surface area contributed by atoms with Crippen molar-refractivity contribution < 1.29 is 14.3 Å². The van der Waals surface area contributed by atoms with Crippen molar-refractivity contribution in [3.05, 3.63) is 0 Å². The summed E-state index contributed by atoms with van der Waals surface area (Å²) < 4.78 is 5.40. The van der Waals surface area contributed by atoms with E-state index in [0.29, 0.717) is 18.8 Å². The fourth-order valence-electron chi connectivity index (χ4n) is 6.00. The molecule has 4 nitrogen and oxygen atoms in total. The molecule has 4 heteroatoms. The summed E-state index contributed by atoms with van der Waals surface area (Å²) in [5.41, 5.74) is 0. The minimum Gasteiger partial charge on any atom is -0.466 e. The molecule has 0 heterocycles. The van der Waals surface area contributed by atoms with Crippen LogP contribution in [0.4, 0.5) is 0 Å². The topological polar surface area (TPSA) is 46.6 Å². The highest BCUT2D eigenvalue weighted by molar-refractivity contribution is 5.78. The molecule has 0 amide bonds. The molecule has 43 heavy (non-hydrogen) atoms. The summed E-state index contributed by atoms with van der Waals surface area (Å²) in [6, 6.07) is 0. The Bertz CT molecular complexity index is 531. The van der Waals surface area contributed by atoms with Crippen molar-refractivity contribution in [2.75, 3.05) is 26.2 Å². The fraction of sp³-hybridized carbons (Fsp3) is 0.949. The van der Waals surface area contributed by atoms with E-state index in [1.54, 1.807) is 0 Å². The smallest absolute Gasteiger partial charge is 0.305 e. The minimum absolute atomic E-state index is 0.00372. The lowest BCUT2D eigenvalue weighted by atomic mass is 10.0. The lowest BCUT2D eigenvalue weighted by Gasteiger charge is -2.20. The van der Waals surface area contributed by atoms with E-state index in [0.717, 1.165) is 51.5 Å². The summed E-state index contributed by atoms with van der Waals surface area (Å²) in [5, 5.41) is 0. The van der Waals surface area contributed by atoms with Gasteiger partial charge in [0.05, 0.1) is 6.61 Å². The number of carbonyl (C=O) groups excluding carboxylic acids is 2. The van der Waals surface area contributed by atoms with E-state index < -0.39 is 0 Å². The maximum absolute atomic E-state index is 12.1. The molecule has 0 unspecified atom stereocenters. The molecule has 0 saturated carbocycles. The van der Waals surface area contributed by atoms with Gasteiger partial charge in [-0.2, -0.15) is 0 Å². The summed E-state index contributed by atoms with van der Waals surface area (Å²) in [5.74, 6) is 0.502. The summed E-state index contributed by atoms with van der Waals surface area (Å²) in [7, 11) is 0. The van der Waals surface area contributed by atoms with Crippen molar-refractivity contribution in [1.29, 1.82) is 0 Å². The Kier molecular flexibility index (Phi) is 34.8. The van der Waals surface area contributed by atoms with Crippen LogP contribution >= 0.6 is 0 Å². The number of rotatable bonds is 36. The van der Waals surface area contributed by atoms with Crippen LogP contribution in [0.25, 0.3) is 0 Å². The van der Waals surface area contributed by atoms with E-state index >= 15 is 0 Å². The number of ketones is 1. The molecule has 256 valence electrons. The SMILES string of the molecule is CCCCCCCCCCC(=O)CCCCCCCCN(CC)CCCCCCCCC(=O)OCCCCCCCCC. The van der Waals surface area contributed by atoms with Crippen molar-refractivity contribution in [3.63, 3.8) is 0 Å². The van der Waals surface area contributed by atoms with Crippen molar-refractivity contribution in [3.8, 4) is 0 Å². The van der Waals surface area contributed by atoms with Crippen LogP contribution in [0, 0.1) is 0 Å². The average Bonchev–Trinajstić information content (AvgIpc) is 3.01. The maximum atomic E-state index is 12.1. The Hall–Kier alpha value is -0.900. The molecule has 0 aromatic rings. The van der Waals surface area contributed by atoms with Crippen molar-refractivity contribution in [1.82, 2.24) is 4.90 Å². The molecule has 0 spiro atoms. The normalized spacial score (nSPS) is 11.4. The van der Waals surface area contributed by atoms with E-state index in [4.69, 9.17) is 4.74 Å². The lowest BCUT2D eigenvalue weighted by Crippen LogP contribution is -2.25. The number of nitrogens with zero attached hydrogens (tertiary/aromatic N) is 1. The number of Topliss-reactive ketones (excluding diaryl/α,β-unsaturated/α-hetero) is 1. The first-order valence-electron chi connectivity index (χ1n) is 19.5. The molecule has 0 radical (unpaired) electrons. The Balaban J connectivity index is 3.42. The minimum atomic E-state index is 0.00372. The Labute approximate surface area is 270 Å². The van der Waals surface area contributed by atoms with Crippen molar-refractivity contribution in [2.45, 2.75) is 213 Å². The van der Waals surface area contributed by atoms with Crippen molar-refractivity contribution >= 4 is 11.8 Å². The number of hydrogen-bond acceptors (Lipinski definition) is 4. The van der Waals surface area contributed by atoms with Crippen LogP contribution < -0.4 is 0 Å². The first-order valence-corrected chi connectivity index (χ1v) is 19.5. The van der Waals surface area contributed by atoms with E-state index in [-0.39, 0.29) is 5.97 Å². The zero-order chi connectivity index (χ0) is 31.5. The van der Waals surface area contributed by atoms with Gasteiger partial charge >= 0.3 is 5.97 Å². The third-order valence-electron chi connectivity index (χ3n) is 9.05. The van der Waals surface area contributed by atoms with E-state index in [9.17, 15) is 9.59 Å². The maximum Gasteiger partial charge on any atom is 0.305 e. The van der Waals surface area contributed by atoms with Crippen LogP contribution in [0.3, 0.4) is 0 Å². The second-order valence-corrected chi connectivity index (χ2v) is 13.3. The molecule has 0 bridgehead atoms. The predicted octanol–water partition coefficient (Wildman–Crippen LogP) is 12.2. The molecule has 0 aromatic heterocycles. The van der Waals surface area contributed by atoms with E-state index in [1.807, 2.05) is 0 Å². The van der Waals surface area contributed by atoms with Gasteiger partial charge in [0.1, 0.15) is 5.78 Å². The summed E-state index contributed by atoms with van der Waals surface area (Å²) in [6.45, 7) is 11.0. The van der Waals surface area contributed by atoms with Gasteiger partial charge in [-0.25, -0.2) is 0 Å². The molecule has 0 saturated heterocycles. The highest BCUT2D eigenvalue weighted by atomic mass is 16.5. The summed E-state index contributed by atoms with van der Waals surface area (Å²) in [6.07, 6.45) is 36.3. The number of unbranched alkanes of at least 4 members (excludes halogenated alkanes) is 23. The third kappa shape index (κ3) is 33.8. The zero-order valence-electron chi connectivity index (χ0n) is 29.7. The second kappa shape index (κ2) is 35.6. The van der Waals surface area contributed by atoms with Crippen LogP contribution in [0.2, 0.25) is 0 Å². The van der Waals surface area contributed by atoms with Crippen LogP contribution in [0.1, 0.15) is 213 Å². The van der Waals surface area contributed by atoms with E-state index in [2.05, 4.69) is 25.7 Å². The fourth-order valence-corrected chi connectivity index (χ4v) is 6.00. The molecule has 0 aliphatic rings. The Morgan fingerprint density at radius 3 is 1.19 bits per heavy atom. The standard InChI is InChI=1S/C39H77NO3/c1-4-7-9-11-13-14-20-26-32-38(41)33-27-21-15-17-23-29-35-40(6-3)36-30-24-18-16-22-28-34-39(42)43-37-31-25-19-12-10-8-5-2/h4-37H2,1-3H3. The van der Waals surface area contributed by atoms with Gasteiger partial charge in [0.15, 0.2) is 0 Å². The third-order valence-corrected chi connectivity index (χ3v) is 9.05. The largest absolute Gasteiger partial charge is 0.466 e. The molecule has 0 rings (SSSR count). The number of ether oxygens (including phenoxy) is 1. The highest BCUT2D eigenvalue weighted by Gasteiger charge is 2.05. The molecule has 0 fully saturated rings. The van der Waals surface area contributed by atoms with Crippen LogP contribution in [-0.4, -0.2) is 42.9 Å². The average molecular weight is 608 g/mol. The van der Waals surface area contributed by atoms with Crippen molar-refractivity contribution in [2.24, 2.45) is 0 Å². The summed E-state index contributed by atoms with van der Waals surface area (Å²) in [4.78, 5) is 26.6. The summed E-state index contributed by atoms with van der Waals surface area (Å²) >= 11 is 0. The van der Waals surface area contributed by atoms with Crippen LogP contribution in [-0.2, 0) is 14.3 Å². The van der Waals surface area contributed by atoms with Gasteiger partial charge in [0.25, 0.3) is 0 Å². The first kappa shape index (κ1) is 42.1. The quantitative estimate of drug-likeness (QED) is 0.0525. The molecule has 0 atom stereocenters. The van der Waals surface area contributed by atoms with Crippen LogP contribution in [0.15, 0.2) is 0 Å². The molecule has 0 aliphatic heterocycles. The number of carbonyl (C=O) groups is 2. The molecule has 0 aromatic carbocycles. The highest BCUT2D eigenvalue weighted by Crippen LogP contribution is 2.14. The van der Waals surface area contributed by atoms with Gasteiger partial charge in [-0.1, -0.05) is 156 Å². The van der Waals surface area contributed by atoms with Gasteiger partial charge in [0, 0.05) is 19.3 Å². The van der Waals surface area contributed by atoms with E-state index in [1.165, 1.54) is 154 Å². The number of hydrogen-bond donors (Lipinski definition) is 0. The molecular weight excluding hydrogens is 530 g/mol. The molecule has 0 aliphatic carbocycles. The number of esters is 1. The van der Waals surface area contributed by atoms with Gasteiger partial charge in [0.2, 0.25) is 0 Å². The van der Waals surface area contributed by atoms with Gasteiger partial charge in [-0.3, -0.25) is 9.59 Å². The Morgan fingerprint density at radius 1 is 0.419 bits per heavy atom. The monoisotopic (exact) mass is 608 g/mol. The Morgan fingerprint density at radius 2 is 0.767 bits per heavy atom. The zero-order valence-corrected chi connectivity index (χ0v) is 29.7. The lowest BCUT2D eigenvalue weighted by molar-refractivity contribution is -0.143. The van der Waals surface area contributed by atoms with Gasteiger partial charge in [-0.05, 0) is 58.2 Å². The first-order chi connectivity index (χ1) is 21.1. The van der Waals surface area contributed by atoms with Gasteiger partial charge < -0.3 is 9.64 Å². The second-order valence-electron chi connectivity index (χ2n) is 13.3. The predicted molar refractivity (Wildman–Crippen MR) is 188 cm³/mol.